The van der Waals surface area contributed by atoms with Crippen molar-refractivity contribution in [1.82, 2.24) is 0 Å². The zero-order valence-corrected chi connectivity index (χ0v) is 15.7. The number of halogens is 1. The topological polar surface area (TPSA) is 55.8 Å². The third kappa shape index (κ3) is 2.72. The third-order valence-electron chi connectivity index (χ3n) is 5.51. The van der Waals surface area contributed by atoms with Gasteiger partial charge in [-0.15, -0.1) is 0 Å². The standard InChI is InChI=1S/C23H17ClO4/c24-19-3-1-2-16(22(19)15-7-9-20-21(11-15)28-12-27-20)14-5-4-13-6-8-17(23(25)26)18(13)10-14/h1-5,7,9-11,17H,6,8,12H2,(H,25,26). The summed E-state index contributed by atoms with van der Waals surface area (Å²) in [6.45, 7) is 0.218. The minimum atomic E-state index is -0.766. The first-order valence-electron chi connectivity index (χ1n) is 9.16. The summed E-state index contributed by atoms with van der Waals surface area (Å²) >= 11 is 6.59. The van der Waals surface area contributed by atoms with Gasteiger partial charge >= 0.3 is 5.97 Å². The molecule has 4 nitrogen and oxygen atoms in total. The molecule has 0 radical (unpaired) electrons. The fourth-order valence-electron chi connectivity index (χ4n) is 4.14. The van der Waals surface area contributed by atoms with Gasteiger partial charge < -0.3 is 14.6 Å². The summed E-state index contributed by atoms with van der Waals surface area (Å²) in [4.78, 5) is 11.6. The van der Waals surface area contributed by atoms with Gasteiger partial charge in [-0.1, -0.05) is 41.9 Å². The van der Waals surface area contributed by atoms with Gasteiger partial charge in [0.25, 0.3) is 0 Å². The highest BCUT2D eigenvalue weighted by molar-refractivity contribution is 6.34. The molecule has 0 bridgehead atoms. The van der Waals surface area contributed by atoms with Crippen molar-refractivity contribution in [3.8, 4) is 33.8 Å². The molecule has 3 aromatic rings. The molecule has 5 heteroatoms. The SMILES string of the molecule is O=C(O)C1CCc2ccc(-c3cccc(Cl)c3-c3ccc4c(c3)OCO4)cc21. The number of hydrogen-bond donors (Lipinski definition) is 1. The summed E-state index contributed by atoms with van der Waals surface area (Å²) in [7, 11) is 0. The van der Waals surface area contributed by atoms with Gasteiger partial charge in [-0.25, -0.2) is 0 Å². The zero-order chi connectivity index (χ0) is 19.3. The molecule has 0 saturated carbocycles. The average molecular weight is 393 g/mol. The molecule has 1 N–H and O–H groups in total. The molecule has 28 heavy (non-hydrogen) atoms. The van der Waals surface area contributed by atoms with Crippen molar-refractivity contribution in [1.29, 1.82) is 0 Å². The molecule has 3 aromatic carbocycles. The van der Waals surface area contributed by atoms with E-state index in [1.165, 1.54) is 0 Å². The molecule has 0 amide bonds. The highest BCUT2D eigenvalue weighted by Gasteiger charge is 2.29. The monoisotopic (exact) mass is 392 g/mol. The van der Waals surface area contributed by atoms with Crippen LogP contribution in [-0.4, -0.2) is 17.9 Å². The number of rotatable bonds is 3. The summed E-state index contributed by atoms with van der Waals surface area (Å²) < 4.78 is 10.9. The van der Waals surface area contributed by atoms with Gasteiger partial charge in [-0.05, 0) is 64.9 Å². The number of aliphatic carboxylic acids is 1. The Hall–Kier alpha value is -2.98. The van der Waals surface area contributed by atoms with E-state index in [0.29, 0.717) is 17.2 Å². The van der Waals surface area contributed by atoms with E-state index in [0.717, 1.165) is 45.6 Å². The van der Waals surface area contributed by atoms with Crippen molar-refractivity contribution in [2.24, 2.45) is 0 Å². The van der Waals surface area contributed by atoms with Crippen molar-refractivity contribution in [3.63, 3.8) is 0 Å². The number of benzene rings is 3. The van der Waals surface area contributed by atoms with Gasteiger partial charge in [0.05, 0.1) is 5.92 Å². The van der Waals surface area contributed by atoms with Crippen LogP contribution in [0, 0.1) is 0 Å². The minimum Gasteiger partial charge on any atom is -0.481 e. The molecule has 1 atom stereocenters. The summed E-state index contributed by atoms with van der Waals surface area (Å²) in [5, 5.41) is 10.2. The fourth-order valence-corrected chi connectivity index (χ4v) is 4.42. The molecule has 0 aromatic heterocycles. The number of ether oxygens (including phenoxy) is 2. The first kappa shape index (κ1) is 17.1. The molecule has 0 saturated heterocycles. The Balaban J connectivity index is 1.66. The Kier molecular flexibility index (Phi) is 4.02. The molecule has 1 unspecified atom stereocenters. The van der Waals surface area contributed by atoms with Gasteiger partial charge in [-0.3, -0.25) is 4.79 Å². The second-order valence-corrected chi connectivity index (χ2v) is 7.48. The van der Waals surface area contributed by atoms with Crippen molar-refractivity contribution in [2.75, 3.05) is 6.79 Å². The zero-order valence-electron chi connectivity index (χ0n) is 14.9. The summed E-state index contributed by atoms with van der Waals surface area (Å²) in [5.41, 5.74) is 5.77. The molecule has 1 aliphatic carbocycles. The van der Waals surface area contributed by atoms with Crippen LogP contribution in [0.3, 0.4) is 0 Å². The lowest BCUT2D eigenvalue weighted by Gasteiger charge is -2.15. The Bertz CT molecular complexity index is 1110. The molecule has 0 fully saturated rings. The van der Waals surface area contributed by atoms with Crippen LogP contribution in [0.15, 0.2) is 54.6 Å². The maximum Gasteiger partial charge on any atom is 0.310 e. The lowest BCUT2D eigenvalue weighted by molar-refractivity contribution is -0.138. The Morgan fingerprint density at radius 3 is 2.68 bits per heavy atom. The predicted molar refractivity (Wildman–Crippen MR) is 107 cm³/mol. The molecular formula is C23H17ClO4. The van der Waals surface area contributed by atoms with E-state index >= 15 is 0 Å². The number of aryl methyl sites for hydroxylation is 1. The minimum absolute atomic E-state index is 0.218. The maximum atomic E-state index is 11.6. The van der Waals surface area contributed by atoms with Gasteiger partial charge in [-0.2, -0.15) is 0 Å². The lowest BCUT2D eigenvalue weighted by Crippen LogP contribution is -2.07. The largest absolute Gasteiger partial charge is 0.481 e. The Morgan fingerprint density at radius 1 is 1.00 bits per heavy atom. The summed E-state index contributed by atoms with van der Waals surface area (Å²) in [6, 6.07) is 17.7. The summed E-state index contributed by atoms with van der Waals surface area (Å²) in [6.07, 6.45) is 1.45. The molecule has 1 aliphatic heterocycles. The lowest BCUT2D eigenvalue weighted by atomic mass is 9.91. The highest BCUT2D eigenvalue weighted by atomic mass is 35.5. The number of carboxylic acid groups (broad SMARTS) is 1. The van der Waals surface area contributed by atoms with Gasteiger partial charge in [0.2, 0.25) is 6.79 Å². The van der Waals surface area contributed by atoms with Crippen molar-refractivity contribution >= 4 is 17.6 Å². The second kappa shape index (κ2) is 6.57. The van der Waals surface area contributed by atoms with E-state index < -0.39 is 11.9 Å². The first-order valence-corrected chi connectivity index (χ1v) is 9.54. The van der Waals surface area contributed by atoms with Crippen molar-refractivity contribution in [3.05, 3.63) is 70.7 Å². The van der Waals surface area contributed by atoms with Crippen molar-refractivity contribution in [2.45, 2.75) is 18.8 Å². The number of carboxylic acids is 1. The molecule has 1 heterocycles. The highest BCUT2D eigenvalue weighted by Crippen LogP contribution is 2.43. The van der Waals surface area contributed by atoms with Gasteiger partial charge in [0, 0.05) is 10.6 Å². The number of hydrogen-bond acceptors (Lipinski definition) is 3. The first-order chi connectivity index (χ1) is 13.6. The Labute approximate surface area is 167 Å². The van der Waals surface area contributed by atoms with Crippen LogP contribution in [0.2, 0.25) is 5.02 Å². The molecule has 0 spiro atoms. The molecule has 140 valence electrons. The molecular weight excluding hydrogens is 376 g/mol. The maximum absolute atomic E-state index is 11.6. The van der Waals surface area contributed by atoms with Crippen LogP contribution in [0.25, 0.3) is 22.3 Å². The van der Waals surface area contributed by atoms with Crippen LogP contribution >= 0.6 is 11.6 Å². The van der Waals surface area contributed by atoms with Gasteiger partial charge in [0.1, 0.15) is 0 Å². The van der Waals surface area contributed by atoms with Crippen LogP contribution < -0.4 is 9.47 Å². The Morgan fingerprint density at radius 2 is 1.82 bits per heavy atom. The van der Waals surface area contributed by atoms with E-state index in [1.54, 1.807) is 0 Å². The van der Waals surface area contributed by atoms with Crippen LogP contribution in [-0.2, 0) is 11.2 Å². The van der Waals surface area contributed by atoms with Crippen LogP contribution in [0.5, 0.6) is 11.5 Å². The fraction of sp³-hybridized carbons (Fsp3) is 0.174. The quantitative estimate of drug-likeness (QED) is 0.637. The smallest absolute Gasteiger partial charge is 0.310 e. The van der Waals surface area contributed by atoms with E-state index in [-0.39, 0.29) is 6.79 Å². The third-order valence-corrected chi connectivity index (χ3v) is 5.82. The van der Waals surface area contributed by atoms with Crippen molar-refractivity contribution < 1.29 is 19.4 Å². The molecule has 2 aliphatic rings. The normalized spacial score (nSPS) is 16.8. The number of carbonyl (C=O) groups is 1. The number of fused-ring (bicyclic) bond motifs is 2. The summed E-state index contributed by atoms with van der Waals surface area (Å²) in [5.74, 6) is 0.212. The average Bonchev–Trinajstić information content (AvgIpc) is 3.33. The second-order valence-electron chi connectivity index (χ2n) is 7.07. The van der Waals surface area contributed by atoms with Crippen LogP contribution in [0.4, 0.5) is 0 Å². The van der Waals surface area contributed by atoms with Gasteiger partial charge in [0.15, 0.2) is 11.5 Å². The van der Waals surface area contributed by atoms with E-state index in [9.17, 15) is 9.90 Å². The van der Waals surface area contributed by atoms with E-state index in [2.05, 4.69) is 0 Å². The van der Waals surface area contributed by atoms with E-state index in [1.807, 2.05) is 54.6 Å². The predicted octanol–water partition coefficient (Wildman–Crippen LogP) is 5.52. The molecule has 5 rings (SSSR count). The van der Waals surface area contributed by atoms with Crippen LogP contribution in [0.1, 0.15) is 23.5 Å². The van der Waals surface area contributed by atoms with E-state index in [4.69, 9.17) is 21.1 Å².